The van der Waals surface area contributed by atoms with Gasteiger partial charge in [-0.25, -0.2) is 26.3 Å². The molecule has 0 amide bonds. The summed E-state index contributed by atoms with van der Waals surface area (Å²) in [6, 6.07) is 27.2. The Kier molecular flexibility index (Phi) is 27.8. The number of nitrogen functional groups attached to an aromatic ring is 2. The molecular formula is C58H78BBrF6N10O6. The van der Waals surface area contributed by atoms with Crippen LogP contribution in [0.2, 0.25) is 0 Å². The summed E-state index contributed by atoms with van der Waals surface area (Å²) in [5.74, 6) is -2.28. The first kappa shape index (κ1) is 70.7. The maximum atomic E-state index is 14.1. The number of rotatable bonds is 13. The van der Waals surface area contributed by atoms with Crippen LogP contribution in [0.3, 0.4) is 0 Å². The van der Waals surface area contributed by atoms with Crippen LogP contribution in [0.1, 0.15) is 83.1 Å². The summed E-state index contributed by atoms with van der Waals surface area (Å²) >= 11 is 3.19. The van der Waals surface area contributed by atoms with Gasteiger partial charge in [0.15, 0.2) is 11.6 Å². The Morgan fingerprint density at radius 3 is 1.12 bits per heavy atom. The number of nitrogens with zero attached hydrogens (tertiary/aromatic N) is 4. The van der Waals surface area contributed by atoms with E-state index >= 15 is 0 Å². The molecule has 1 aliphatic rings. The highest BCUT2D eigenvalue weighted by molar-refractivity contribution is 9.10. The Morgan fingerprint density at radius 2 is 0.780 bits per heavy atom. The van der Waals surface area contributed by atoms with Crippen molar-refractivity contribution in [1.29, 1.82) is 0 Å². The number of hydrogen-bond donors (Lipinski definition) is 6. The zero-order chi connectivity index (χ0) is 62.6. The molecule has 8 N–H and O–H groups in total. The predicted octanol–water partition coefficient (Wildman–Crippen LogP) is 14.4. The second-order valence-electron chi connectivity index (χ2n) is 21.2. The zero-order valence-electron chi connectivity index (χ0n) is 49.3. The lowest BCUT2D eigenvalue weighted by Crippen LogP contribution is -2.41. The Balaban J connectivity index is 0.000000341. The van der Waals surface area contributed by atoms with E-state index in [1.54, 1.807) is 74.4 Å². The first-order valence-corrected chi connectivity index (χ1v) is 26.7. The number of non-ortho nitro benzene ring substituents is 2. The van der Waals surface area contributed by atoms with Crippen LogP contribution in [0, 0.1) is 55.1 Å². The highest BCUT2D eigenvalue weighted by atomic mass is 79.9. The molecule has 0 spiro atoms. The summed E-state index contributed by atoms with van der Waals surface area (Å²) < 4.78 is 92.2. The number of nitrogens with one attached hydrogen (secondary N) is 4. The smallest absolute Gasteiger partial charge is 0.399 e. The minimum atomic E-state index is -0.623. The topological polar surface area (TPSA) is 211 Å². The van der Waals surface area contributed by atoms with Gasteiger partial charge in [-0.05, 0) is 167 Å². The lowest BCUT2D eigenvalue weighted by atomic mass is 9.79. The van der Waals surface area contributed by atoms with Gasteiger partial charge in [0.25, 0.3) is 11.4 Å². The second-order valence-corrected chi connectivity index (χ2v) is 22.1. The molecule has 24 heteroatoms. The van der Waals surface area contributed by atoms with Crippen LogP contribution in [0.15, 0.2) is 114 Å². The van der Waals surface area contributed by atoms with E-state index in [1.807, 2.05) is 95.2 Å². The summed E-state index contributed by atoms with van der Waals surface area (Å²) in [7, 11) is 6.39. The van der Waals surface area contributed by atoms with E-state index in [-0.39, 0.29) is 64.5 Å². The number of halogens is 7. The summed E-state index contributed by atoms with van der Waals surface area (Å²) in [4.78, 5) is 22.6. The minimum absolute atomic E-state index is 0.0888. The average Bonchev–Trinajstić information content (AvgIpc) is 3.90. The Morgan fingerprint density at radius 1 is 0.476 bits per heavy atom. The van der Waals surface area contributed by atoms with Crippen LogP contribution in [-0.4, -0.2) is 80.5 Å². The molecule has 1 saturated heterocycles. The van der Waals surface area contributed by atoms with Gasteiger partial charge in [0.2, 0.25) is 0 Å². The molecule has 0 bridgehead atoms. The van der Waals surface area contributed by atoms with Crippen LogP contribution in [0.5, 0.6) is 0 Å². The fourth-order valence-corrected chi connectivity index (χ4v) is 7.20. The predicted molar refractivity (Wildman–Crippen MR) is 328 cm³/mol. The van der Waals surface area contributed by atoms with Gasteiger partial charge in [-0.3, -0.25) is 20.2 Å². The zero-order valence-corrected chi connectivity index (χ0v) is 50.9. The first-order chi connectivity index (χ1) is 37.9. The normalized spacial score (nSPS) is 12.6. The third-order valence-electron chi connectivity index (χ3n) is 11.5. The number of nitro groups is 2. The Bertz CT molecular complexity index is 2960. The van der Waals surface area contributed by atoms with E-state index in [0.29, 0.717) is 45.3 Å². The largest absolute Gasteiger partial charge is 0.494 e. The van der Waals surface area contributed by atoms with E-state index in [0.717, 1.165) is 16.6 Å². The van der Waals surface area contributed by atoms with Crippen molar-refractivity contribution in [3.63, 3.8) is 0 Å². The van der Waals surface area contributed by atoms with Crippen LogP contribution in [0.4, 0.5) is 83.2 Å². The number of benzene rings is 6. The maximum Gasteiger partial charge on any atom is 0.494 e. The van der Waals surface area contributed by atoms with E-state index in [1.165, 1.54) is 48.5 Å². The second kappa shape index (κ2) is 32.3. The maximum absolute atomic E-state index is 14.1. The SMILES string of the molecule is CC(C)Nc1ccc(B2OC(C)(C)C(C)(C)O2)cc1F.CC(C)Nc1ccc(Br)cc1F.CC(C)Nc1ccc(N)cc1F.CC(C)Nc1ccc([N+](=O)[O-])cc1F.CN(C)c1ccc(N)cc1F.CN(C)c1ccc([N+](=O)[O-])cc1F. The first-order valence-electron chi connectivity index (χ1n) is 25.9. The Labute approximate surface area is 486 Å². The fourth-order valence-electron chi connectivity index (χ4n) is 6.87. The van der Waals surface area contributed by atoms with Crippen LogP contribution in [-0.2, 0) is 9.31 Å². The highest BCUT2D eigenvalue weighted by Gasteiger charge is 2.51. The highest BCUT2D eigenvalue weighted by Crippen LogP contribution is 2.37. The van der Waals surface area contributed by atoms with Gasteiger partial charge in [0, 0.05) is 80.3 Å². The third kappa shape index (κ3) is 23.6. The van der Waals surface area contributed by atoms with Gasteiger partial charge in [0.1, 0.15) is 23.3 Å². The van der Waals surface area contributed by atoms with E-state index in [4.69, 9.17) is 20.8 Å². The standard InChI is InChI=1S/C15H23BFNO2.C9H11BrFN.C9H11FN2O2.C9H13FN2.C8H9FN2O2.C8H11FN2/c1-10(2)18-13-8-7-11(9-12(13)17)16-19-14(3,4)15(5,6)20-16;1-6(2)12-9-4-3-7(10)5-8(9)11;1-6(2)11-9-4-3-7(12(13)14)5-8(9)10;1-6(2)12-9-4-3-7(11)5-8(9)10;1-10(2)8-4-3-6(11(12)13)5-7(8)9;1-11(2)8-4-3-6(10)5-7(8)9/h7-10,18H,1-6H3;3-6,12H,1-2H3;3-6,11H,1-2H3;3-6,12H,11H2,1-2H3;3-5H,1-2H3;3-5H,10H2,1-2H3. The Hall–Kier alpha value is -7.44. The van der Waals surface area contributed by atoms with Crippen LogP contribution >= 0.6 is 15.9 Å². The molecule has 1 heterocycles. The lowest BCUT2D eigenvalue weighted by Gasteiger charge is -2.32. The molecule has 1 aliphatic heterocycles. The van der Waals surface area contributed by atoms with Crippen molar-refractivity contribution in [3.8, 4) is 0 Å². The summed E-state index contributed by atoms with van der Waals surface area (Å²) in [6.45, 7) is 23.5. The fraction of sp³-hybridized carbons (Fsp3) is 0.379. The van der Waals surface area contributed by atoms with E-state index in [2.05, 4.69) is 37.2 Å². The van der Waals surface area contributed by atoms with Crippen LogP contribution < -0.4 is 48.0 Å². The molecule has 6 aromatic carbocycles. The molecule has 0 radical (unpaired) electrons. The molecule has 16 nitrogen and oxygen atoms in total. The summed E-state index contributed by atoms with van der Waals surface area (Å²) in [5.41, 5.74) is 13.8. The van der Waals surface area contributed by atoms with E-state index < -0.39 is 39.8 Å². The van der Waals surface area contributed by atoms with Crippen molar-refractivity contribution in [2.75, 3.05) is 70.7 Å². The van der Waals surface area contributed by atoms with Gasteiger partial charge in [0.05, 0.1) is 67.3 Å². The molecule has 448 valence electrons. The molecule has 0 aliphatic carbocycles. The monoisotopic (exact) mass is 1210 g/mol. The van der Waals surface area contributed by atoms with Crippen molar-refractivity contribution in [2.45, 2.75) is 118 Å². The number of hydrogen-bond acceptors (Lipinski definition) is 14. The van der Waals surface area contributed by atoms with Gasteiger partial charge in [-0.1, -0.05) is 22.0 Å². The third-order valence-corrected chi connectivity index (χ3v) is 12.0. The molecule has 0 saturated carbocycles. The van der Waals surface area contributed by atoms with Crippen molar-refractivity contribution >= 4 is 85.4 Å². The quantitative estimate of drug-likeness (QED) is 0.0209. The molecular weight excluding hydrogens is 1140 g/mol. The summed E-state index contributed by atoms with van der Waals surface area (Å²) in [6.07, 6.45) is 0. The molecule has 7 rings (SSSR count). The molecule has 1 fully saturated rings. The van der Waals surface area contributed by atoms with Gasteiger partial charge in [-0.2, -0.15) is 0 Å². The molecule has 6 aromatic rings. The van der Waals surface area contributed by atoms with Crippen molar-refractivity contribution in [3.05, 3.63) is 169 Å². The molecule has 0 atom stereocenters. The number of nitro benzene ring substituents is 2. The molecule has 0 aromatic heterocycles. The molecule has 0 unspecified atom stereocenters. The number of anilines is 8. The lowest BCUT2D eigenvalue weighted by molar-refractivity contribution is -0.385. The summed E-state index contributed by atoms with van der Waals surface area (Å²) in [5, 5.41) is 32.4. The van der Waals surface area contributed by atoms with Crippen molar-refractivity contribution in [1.82, 2.24) is 0 Å². The minimum Gasteiger partial charge on any atom is -0.399 e. The van der Waals surface area contributed by atoms with E-state index in [9.17, 15) is 46.6 Å². The van der Waals surface area contributed by atoms with Crippen LogP contribution in [0.25, 0.3) is 0 Å². The molecule has 82 heavy (non-hydrogen) atoms. The van der Waals surface area contributed by atoms with Gasteiger partial charge in [-0.15, -0.1) is 0 Å². The number of nitrogens with two attached hydrogens (primary N) is 2. The van der Waals surface area contributed by atoms with Crippen molar-refractivity contribution in [2.24, 2.45) is 0 Å². The van der Waals surface area contributed by atoms with Crippen molar-refractivity contribution < 1.29 is 45.5 Å². The van der Waals surface area contributed by atoms with Gasteiger partial charge < -0.3 is 51.8 Å². The average molecular weight is 1220 g/mol. The van der Waals surface area contributed by atoms with Gasteiger partial charge >= 0.3 is 7.12 Å².